The molecule has 86 valence electrons. The second kappa shape index (κ2) is 4.43. The third kappa shape index (κ3) is 2.27. The average Bonchev–Trinajstić information content (AvgIpc) is 2.74. The van der Waals surface area contributed by atoms with Gasteiger partial charge in [-0.3, -0.25) is 5.41 Å². The van der Waals surface area contributed by atoms with Gasteiger partial charge in [-0.1, -0.05) is 12.8 Å². The van der Waals surface area contributed by atoms with Gasteiger partial charge < -0.3 is 16.8 Å². The van der Waals surface area contributed by atoms with Crippen molar-refractivity contribution in [3.63, 3.8) is 0 Å². The molecule has 0 spiro atoms. The van der Waals surface area contributed by atoms with E-state index >= 15 is 0 Å². The molecule has 0 amide bonds. The topological polar surface area (TPSA) is 87.9 Å². The zero-order valence-electron chi connectivity index (χ0n) is 9.29. The molecule has 1 aromatic carbocycles. The van der Waals surface area contributed by atoms with Crippen LogP contribution in [0.25, 0.3) is 0 Å². The predicted molar refractivity (Wildman–Crippen MR) is 67.5 cm³/mol. The minimum Gasteiger partial charge on any atom is -0.397 e. The van der Waals surface area contributed by atoms with Crippen molar-refractivity contribution in [2.45, 2.75) is 31.7 Å². The molecule has 1 fully saturated rings. The molecule has 1 aliphatic carbocycles. The lowest BCUT2D eigenvalue weighted by Gasteiger charge is -2.15. The third-order valence-electron chi connectivity index (χ3n) is 3.08. The highest BCUT2D eigenvalue weighted by Crippen LogP contribution is 2.19. The van der Waals surface area contributed by atoms with Crippen molar-refractivity contribution in [3.8, 4) is 0 Å². The van der Waals surface area contributed by atoms with E-state index in [-0.39, 0.29) is 0 Å². The van der Waals surface area contributed by atoms with Crippen LogP contribution in [-0.4, -0.2) is 11.9 Å². The van der Waals surface area contributed by atoms with Crippen molar-refractivity contribution < 1.29 is 0 Å². The average molecular weight is 218 g/mol. The number of hydrogen-bond donors (Lipinski definition) is 4. The minimum absolute atomic E-state index is 0.443. The van der Waals surface area contributed by atoms with Gasteiger partial charge in [-0.25, -0.2) is 0 Å². The molecular formula is C12H18N4. The zero-order valence-corrected chi connectivity index (χ0v) is 9.29. The lowest BCUT2D eigenvalue weighted by Crippen LogP contribution is -2.32. The fourth-order valence-corrected chi connectivity index (χ4v) is 2.09. The first-order valence-electron chi connectivity index (χ1n) is 5.67. The van der Waals surface area contributed by atoms with E-state index in [9.17, 15) is 0 Å². The molecule has 0 radical (unpaired) electrons. The second-order valence-electron chi connectivity index (χ2n) is 4.34. The number of nitrogen functional groups attached to an aromatic ring is 2. The van der Waals surface area contributed by atoms with Crippen LogP contribution >= 0.6 is 0 Å². The van der Waals surface area contributed by atoms with E-state index in [2.05, 4.69) is 5.32 Å². The van der Waals surface area contributed by atoms with Crippen molar-refractivity contribution in [2.75, 3.05) is 11.5 Å². The zero-order chi connectivity index (χ0) is 11.5. The standard InChI is InChI=1S/C12H18N4/c13-10-6-5-8(7-11(10)14)12(15)16-9-3-1-2-4-9/h5-7,9H,1-4,13-14H2,(H2,15,16). The van der Waals surface area contributed by atoms with Gasteiger partial charge in [-0.15, -0.1) is 0 Å². The van der Waals surface area contributed by atoms with Crippen LogP contribution in [0, 0.1) is 5.41 Å². The van der Waals surface area contributed by atoms with Crippen LogP contribution in [0.4, 0.5) is 11.4 Å². The Kier molecular flexibility index (Phi) is 2.99. The summed E-state index contributed by atoms with van der Waals surface area (Å²) in [7, 11) is 0. The van der Waals surface area contributed by atoms with E-state index in [1.807, 2.05) is 6.07 Å². The molecule has 6 N–H and O–H groups in total. The number of rotatable bonds is 2. The number of amidine groups is 1. The van der Waals surface area contributed by atoms with Crippen molar-refractivity contribution in [1.82, 2.24) is 5.32 Å². The normalized spacial score (nSPS) is 16.2. The lowest BCUT2D eigenvalue weighted by atomic mass is 10.1. The summed E-state index contributed by atoms with van der Waals surface area (Å²) < 4.78 is 0. The van der Waals surface area contributed by atoms with E-state index in [1.165, 1.54) is 12.8 Å². The molecule has 0 aliphatic heterocycles. The van der Waals surface area contributed by atoms with Crippen LogP contribution in [0.5, 0.6) is 0 Å². The van der Waals surface area contributed by atoms with E-state index in [0.717, 1.165) is 18.4 Å². The Morgan fingerprint density at radius 2 is 1.88 bits per heavy atom. The van der Waals surface area contributed by atoms with Gasteiger partial charge in [0, 0.05) is 11.6 Å². The van der Waals surface area contributed by atoms with Crippen LogP contribution in [0.2, 0.25) is 0 Å². The quantitative estimate of drug-likeness (QED) is 0.346. The van der Waals surface area contributed by atoms with Gasteiger partial charge in [0.15, 0.2) is 0 Å². The van der Waals surface area contributed by atoms with E-state index in [4.69, 9.17) is 16.9 Å². The number of nitrogens with two attached hydrogens (primary N) is 2. The number of hydrogen-bond acceptors (Lipinski definition) is 3. The Bertz CT molecular complexity index is 394. The molecule has 0 saturated heterocycles. The fourth-order valence-electron chi connectivity index (χ4n) is 2.09. The Labute approximate surface area is 95.5 Å². The van der Waals surface area contributed by atoms with Crippen LogP contribution < -0.4 is 16.8 Å². The largest absolute Gasteiger partial charge is 0.397 e. The van der Waals surface area contributed by atoms with Crippen molar-refractivity contribution in [2.24, 2.45) is 0 Å². The summed E-state index contributed by atoms with van der Waals surface area (Å²) in [6.45, 7) is 0. The lowest BCUT2D eigenvalue weighted by molar-refractivity contribution is 0.629. The van der Waals surface area contributed by atoms with Crippen molar-refractivity contribution >= 4 is 17.2 Å². The Morgan fingerprint density at radius 3 is 2.50 bits per heavy atom. The third-order valence-corrected chi connectivity index (χ3v) is 3.08. The molecule has 0 bridgehead atoms. The van der Waals surface area contributed by atoms with E-state index in [0.29, 0.717) is 23.3 Å². The Hall–Kier alpha value is -1.71. The Balaban J connectivity index is 2.05. The van der Waals surface area contributed by atoms with Crippen LogP contribution in [-0.2, 0) is 0 Å². The first kappa shape index (κ1) is 10.8. The van der Waals surface area contributed by atoms with Gasteiger partial charge in [0.05, 0.1) is 11.4 Å². The highest BCUT2D eigenvalue weighted by atomic mass is 15.0. The van der Waals surface area contributed by atoms with Crippen molar-refractivity contribution in [3.05, 3.63) is 23.8 Å². The highest BCUT2D eigenvalue weighted by molar-refractivity contribution is 5.98. The van der Waals surface area contributed by atoms with Crippen molar-refractivity contribution in [1.29, 1.82) is 5.41 Å². The summed E-state index contributed by atoms with van der Waals surface area (Å²) in [6.07, 6.45) is 4.84. The molecule has 1 aromatic rings. The molecule has 4 heteroatoms. The molecule has 0 heterocycles. The van der Waals surface area contributed by atoms with Crippen LogP contribution in [0.3, 0.4) is 0 Å². The monoisotopic (exact) mass is 218 g/mol. The maximum absolute atomic E-state index is 7.95. The predicted octanol–water partition coefficient (Wildman–Crippen LogP) is 1.71. The smallest absolute Gasteiger partial charge is 0.125 e. The summed E-state index contributed by atoms with van der Waals surface area (Å²) in [6, 6.07) is 5.77. The van der Waals surface area contributed by atoms with E-state index in [1.54, 1.807) is 12.1 Å². The molecule has 1 saturated carbocycles. The molecule has 0 atom stereocenters. The highest BCUT2D eigenvalue weighted by Gasteiger charge is 2.16. The Morgan fingerprint density at radius 1 is 1.19 bits per heavy atom. The molecule has 1 aliphatic rings. The van der Waals surface area contributed by atoms with Crippen LogP contribution in [0.1, 0.15) is 31.2 Å². The molecule has 4 nitrogen and oxygen atoms in total. The van der Waals surface area contributed by atoms with Gasteiger partial charge in [-0.2, -0.15) is 0 Å². The summed E-state index contributed by atoms with van der Waals surface area (Å²) in [4.78, 5) is 0. The fraction of sp³-hybridized carbons (Fsp3) is 0.417. The summed E-state index contributed by atoms with van der Waals surface area (Å²) >= 11 is 0. The molecule has 2 rings (SSSR count). The summed E-state index contributed by atoms with van der Waals surface area (Å²) in [5.74, 6) is 0.443. The second-order valence-corrected chi connectivity index (χ2v) is 4.34. The SMILES string of the molecule is N=C(NC1CCCC1)c1ccc(N)c(N)c1. The van der Waals surface area contributed by atoms with Gasteiger partial charge >= 0.3 is 0 Å². The molecule has 0 aromatic heterocycles. The number of benzene rings is 1. The number of anilines is 2. The first-order chi connectivity index (χ1) is 7.66. The van der Waals surface area contributed by atoms with Crippen LogP contribution in [0.15, 0.2) is 18.2 Å². The minimum atomic E-state index is 0.443. The number of nitrogens with one attached hydrogen (secondary N) is 2. The van der Waals surface area contributed by atoms with Gasteiger partial charge in [0.2, 0.25) is 0 Å². The summed E-state index contributed by atoms with van der Waals surface area (Å²) in [5, 5.41) is 11.2. The van der Waals surface area contributed by atoms with Gasteiger partial charge in [0.25, 0.3) is 0 Å². The van der Waals surface area contributed by atoms with Gasteiger partial charge in [-0.05, 0) is 31.0 Å². The molecular weight excluding hydrogens is 200 g/mol. The maximum Gasteiger partial charge on any atom is 0.125 e. The maximum atomic E-state index is 7.95. The van der Waals surface area contributed by atoms with E-state index < -0.39 is 0 Å². The molecule has 0 unspecified atom stereocenters. The molecule has 16 heavy (non-hydrogen) atoms. The van der Waals surface area contributed by atoms with Gasteiger partial charge in [0.1, 0.15) is 5.84 Å². The first-order valence-corrected chi connectivity index (χ1v) is 5.67. The summed E-state index contributed by atoms with van der Waals surface area (Å²) in [5.41, 5.74) is 13.3.